The van der Waals surface area contributed by atoms with Gasteiger partial charge >= 0.3 is 0 Å². The van der Waals surface area contributed by atoms with Crippen LogP contribution in [0, 0.1) is 0 Å². The van der Waals surface area contributed by atoms with E-state index in [1.807, 2.05) is 0 Å². The number of aliphatic hydroxyl groups is 1. The van der Waals surface area contributed by atoms with Crippen molar-refractivity contribution in [3.63, 3.8) is 0 Å². The van der Waals surface area contributed by atoms with E-state index in [-0.39, 0.29) is 12.6 Å². The average Bonchev–Trinajstić information content (AvgIpc) is 2.77. The molecule has 0 radical (unpaired) electrons. The highest BCUT2D eigenvalue weighted by molar-refractivity contribution is 5.50. The maximum absolute atomic E-state index is 10.2. The number of likely N-dealkylation sites (tertiary alicyclic amines) is 1. The summed E-state index contributed by atoms with van der Waals surface area (Å²) in [7, 11) is 0. The van der Waals surface area contributed by atoms with E-state index in [1.54, 1.807) is 0 Å². The topological polar surface area (TPSA) is 23.5 Å². The molecule has 0 spiro atoms. The second kappa shape index (κ2) is 8.08. The molecule has 0 aromatic heterocycles. The number of aliphatic hydroxyl groups excluding tert-OH is 1. The predicted octanol–water partition coefficient (Wildman–Crippen LogP) is 4.83. The summed E-state index contributed by atoms with van der Waals surface area (Å²) in [6.45, 7) is 1.16. The third-order valence-electron chi connectivity index (χ3n) is 5.84. The molecule has 27 heavy (non-hydrogen) atoms. The normalized spacial score (nSPS) is 18.3. The lowest BCUT2D eigenvalue weighted by Gasteiger charge is -2.50. The van der Waals surface area contributed by atoms with Crippen LogP contribution in [0.25, 0.3) is 0 Å². The van der Waals surface area contributed by atoms with Gasteiger partial charge < -0.3 is 5.11 Å². The summed E-state index contributed by atoms with van der Waals surface area (Å²) in [6.07, 6.45) is 3.37. The van der Waals surface area contributed by atoms with E-state index in [2.05, 4.69) is 95.9 Å². The van der Waals surface area contributed by atoms with Crippen molar-refractivity contribution in [2.75, 3.05) is 13.2 Å². The Morgan fingerprint density at radius 2 is 1.15 bits per heavy atom. The standard InChI is InChI=1S/C25H27NO/c27-20-24-18-10-11-19-26(24)25(21-12-4-1-5-13-21,22-14-6-2-7-15-22)23-16-8-3-9-17-23/h1-9,12-17,24,27H,10-11,18-20H2/t24-/m1/s1. The molecule has 3 aromatic carbocycles. The lowest BCUT2D eigenvalue weighted by Crippen LogP contribution is -2.56. The first-order valence-electron chi connectivity index (χ1n) is 9.91. The number of piperidine rings is 1. The first kappa shape index (κ1) is 18.0. The number of benzene rings is 3. The van der Waals surface area contributed by atoms with Crippen molar-refractivity contribution in [2.24, 2.45) is 0 Å². The van der Waals surface area contributed by atoms with Crippen molar-refractivity contribution >= 4 is 0 Å². The highest BCUT2D eigenvalue weighted by Crippen LogP contribution is 2.45. The van der Waals surface area contributed by atoms with Gasteiger partial charge in [0.2, 0.25) is 0 Å². The summed E-state index contributed by atoms with van der Waals surface area (Å²) in [4.78, 5) is 2.54. The van der Waals surface area contributed by atoms with E-state index in [9.17, 15) is 5.11 Å². The van der Waals surface area contributed by atoms with Crippen LogP contribution in [0.2, 0.25) is 0 Å². The van der Waals surface area contributed by atoms with Crippen LogP contribution in [0.15, 0.2) is 91.0 Å². The molecule has 0 aliphatic carbocycles. The van der Waals surface area contributed by atoms with E-state index >= 15 is 0 Å². The fraction of sp³-hybridized carbons (Fsp3) is 0.280. The summed E-state index contributed by atoms with van der Waals surface area (Å²) in [5.74, 6) is 0. The molecule has 0 amide bonds. The maximum atomic E-state index is 10.2. The zero-order valence-corrected chi connectivity index (χ0v) is 15.7. The second-order valence-corrected chi connectivity index (χ2v) is 7.33. The van der Waals surface area contributed by atoms with Gasteiger partial charge in [0.25, 0.3) is 0 Å². The average molecular weight is 357 g/mol. The maximum Gasteiger partial charge on any atom is 0.0976 e. The van der Waals surface area contributed by atoms with Crippen LogP contribution in [-0.4, -0.2) is 29.2 Å². The highest BCUT2D eigenvalue weighted by Gasteiger charge is 2.45. The lowest BCUT2D eigenvalue weighted by atomic mass is 9.73. The van der Waals surface area contributed by atoms with Gasteiger partial charge in [-0.05, 0) is 29.5 Å². The number of hydrogen-bond donors (Lipinski definition) is 1. The summed E-state index contributed by atoms with van der Waals surface area (Å²) in [5.41, 5.74) is 3.35. The molecule has 0 saturated carbocycles. The fourth-order valence-electron chi connectivity index (χ4n) is 4.67. The van der Waals surface area contributed by atoms with E-state index in [0.717, 1.165) is 19.4 Å². The molecule has 2 nitrogen and oxygen atoms in total. The van der Waals surface area contributed by atoms with Crippen molar-refractivity contribution < 1.29 is 5.11 Å². The number of rotatable bonds is 5. The summed E-state index contributed by atoms with van der Waals surface area (Å²) < 4.78 is 0. The molecule has 1 aliphatic rings. The second-order valence-electron chi connectivity index (χ2n) is 7.33. The smallest absolute Gasteiger partial charge is 0.0976 e. The molecular formula is C25H27NO. The minimum atomic E-state index is -0.405. The van der Waals surface area contributed by atoms with Crippen LogP contribution in [0.3, 0.4) is 0 Å². The minimum Gasteiger partial charge on any atom is -0.395 e. The van der Waals surface area contributed by atoms with Crippen LogP contribution in [-0.2, 0) is 5.54 Å². The largest absolute Gasteiger partial charge is 0.395 e. The molecule has 4 rings (SSSR count). The Labute approximate surface area is 162 Å². The van der Waals surface area contributed by atoms with Gasteiger partial charge in [0.15, 0.2) is 0 Å². The molecule has 1 saturated heterocycles. The third-order valence-corrected chi connectivity index (χ3v) is 5.84. The first-order valence-corrected chi connectivity index (χ1v) is 9.91. The first-order chi connectivity index (χ1) is 13.4. The summed E-state index contributed by atoms with van der Waals surface area (Å²) >= 11 is 0. The van der Waals surface area contributed by atoms with Crippen LogP contribution in [0.1, 0.15) is 36.0 Å². The Hall–Kier alpha value is -2.42. The van der Waals surface area contributed by atoms with E-state index in [1.165, 1.54) is 23.1 Å². The molecule has 3 aromatic rings. The Kier molecular flexibility index (Phi) is 5.38. The predicted molar refractivity (Wildman–Crippen MR) is 111 cm³/mol. The molecule has 1 N–H and O–H groups in total. The third kappa shape index (κ3) is 3.20. The monoisotopic (exact) mass is 357 g/mol. The van der Waals surface area contributed by atoms with Crippen molar-refractivity contribution in [3.8, 4) is 0 Å². The summed E-state index contributed by atoms with van der Waals surface area (Å²) in [6, 6.07) is 32.4. The van der Waals surface area contributed by atoms with Gasteiger partial charge in [0, 0.05) is 12.6 Å². The van der Waals surface area contributed by atoms with Gasteiger partial charge in [-0.25, -0.2) is 0 Å². The lowest BCUT2D eigenvalue weighted by molar-refractivity contribution is 0.0301. The van der Waals surface area contributed by atoms with Crippen LogP contribution in [0.4, 0.5) is 0 Å². The van der Waals surface area contributed by atoms with Gasteiger partial charge in [-0.1, -0.05) is 97.4 Å². The molecule has 1 fully saturated rings. The SMILES string of the molecule is OC[C@H]1CCCCN1C(c1ccccc1)(c1ccccc1)c1ccccc1. The molecule has 1 aliphatic heterocycles. The van der Waals surface area contributed by atoms with Gasteiger partial charge in [0.1, 0.15) is 0 Å². The molecule has 1 atom stereocenters. The van der Waals surface area contributed by atoms with Gasteiger partial charge in [-0.3, -0.25) is 4.90 Å². The highest BCUT2D eigenvalue weighted by atomic mass is 16.3. The van der Waals surface area contributed by atoms with Crippen molar-refractivity contribution in [2.45, 2.75) is 30.8 Å². The molecule has 0 unspecified atom stereocenters. The van der Waals surface area contributed by atoms with Crippen LogP contribution < -0.4 is 0 Å². The van der Waals surface area contributed by atoms with Crippen LogP contribution >= 0.6 is 0 Å². The Morgan fingerprint density at radius 3 is 1.56 bits per heavy atom. The van der Waals surface area contributed by atoms with Gasteiger partial charge in [0.05, 0.1) is 12.1 Å². The Morgan fingerprint density at radius 1 is 0.704 bits per heavy atom. The van der Waals surface area contributed by atoms with Gasteiger partial charge in [-0.2, -0.15) is 0 Å². The molecular weight excluding hydrogens is 330 g/mol. The molecule has 2 heteroatoms. The molecule has 1 heterocycles. The molecule has 0 bridgehead atoms. The van der Waals surface area contributed by atoms with Crippen molar-refractivity contribution in [1.29, 1.82) is 0 Å². The van der Waals surface area contributed by atoms with E-state index in [4.69, 9.17) is 0 Å². The van der Waals surface area contributed by atoms with Crippen molar-refractivity contribution in [3.05, 3.63) is 108 Å². The van der Waals surface area contributed by atoms with E-state index < -0.39 is 5.54 Å². The van der Waals surface area contributed by atoms with Crippen molar-refractivity contribution in [1.82, 2.24) is 4.90 Å². The van der Waals surface area contributed by atoms with Gasteiger partial charge in [-0.15, -0.1) is 0 Å². The Bertz CT molecular complexity index is 735. The zero-order valence-electron chi connectivity index (χ0n) is 15.7. The number of nitrogens with zero attached hydrogens (tertiary/aromatic N) is 1. The fourth-order valence-corrected chi connectivity index (χ4v) is 4.67. The van der Waals surface area contributed by atoms with E-state index in [0.29, 0.717) is 0 Å². The summed E-state index contributed by atoms with van der Waals surface area (Å²) in [5, 5.41) is 10.2. The molecule has 138 valence electrons. The minimum absolute atomic E-state index is 0.152. The Balaban J connectivity index is 2.03. The van der Waals surface area contributed by atoms with Crippen LogP contribution in [0.5, 0.6) is 0 Å². The zero-order chi connectivity index (χ0) is 18.5. The number of hydrogen-bond acceptors (Lipinski definition) is 2. The quantitative estimate of drug-likeness (QED) is 0.662.